The number of rotatable bonds is 6. The molecule has 0 aliphatic heterocycles. The highest BCUT2D eigenvalue weighted by Crippen LogP contribution is 2.33. The van der Waals surface area contributed by atoms with E-state index in [2.05, 4.69) is 5.32 Å². The van der Waals surface area contributed by atoms with Crippen molar-refractivity contribution >= 4 is 46.3 Å². The van der Waals surface area contributed by atoms with E-state index in [1.807, 2.05) is 0 Å². The number of anilines is 2. The van der Waals surface area contributed by atoms with Crippen LogP contribution in [0.3, 0.4) is 0 Å². The van der Waals surface area contributed by atoms with Gasteiger partial charge in [-0.05, 0) is 23.8 Å². The first-order valence-corrected chi connectivity index (χ1v) is 7.38. The summed E-state index contributed by atoms with van der Waals surface area (Å²) in [5, 5.41) is 21.9. The van der Waals surface area contributed by atoms with E-state index in [0.717, 1.165) is 0 Å². The quantitative estimate of drug-likeness (QED) is 0.693. The molecule has 0 saturated carbocycles. The normalized spacial score (nSPS) is 11.8. The molecule has 23 heavy (non-hydrogen) atoms. The number of aliphatic hydroxyl groups is 1. The molecule has 2 rings (SSSR count). The van der Waals surface area contributed by atoms with Crippen LogP contribution in [0.2, 0.25) is 10.0 Å². The van der Waals surface area contributed by atoms with Gasteiger partial charge in [0.05, 0.1) is 15.7 Å². The smallest absolute Gasteiger partial charge is 0.340 e. The van der Waals surface area contributed by atoms with Crippen LogP contribution in [-0.4, -0.2) is 28.1 Å². The number of carboxylic acid groups (broad SMARTS) is 1. The molecule has 1 unspecified atom stereocenters. The lowest BCUT2D eigenvalue weighted by Crippen LogP contribution is -2.30. The van der Waals surface area contributed by atoms with Gasteiger partial charge in [0.15, 0.2) is 5.78 Å². The fraction of sp³-hybridized carbons (Fsp3) is 0.125. The van der Waals surface area contributed by atoms with Crippen LogP contribution in [0.4, 0.5) is 11.4 Å². The summed E-state index contributed by atoms with van der Waals surface area (Å²) >= 11 is 12.2. The topological polar surface area (TPSA) is 86.6 Å². The predicted molar refractivity (Wildman–Crippen MR) is 88.5 cm³/mol. The maximum Gasteiger partial charge on any atom is 0.340 e. The number of Topliss-reactive ketones (excluding diaryl/α,β-unsaturated/α-hetero) is 1. The van der Waals surface area contributed by atoms with Gasteiger partial charge in [-0.25, -0.2) is 4.79 Å². The second-order valence-electron chi connectivity index (χ2n) is 4.76. The van der Waals surface area contributed by atoms with Gasteiger partial charge in [0, 0.05) is 12.1 Å². The van der Waals surface area contributed by atoms with Crippen LogP contribution in [-0.2, 0) is 16.0 Å². The van der Waals surface area contributed by atoms with E-state index >= 15 is 0 Å². The highest BCUT2D eigenvalue weighted by molar-refractivity contribution is 6.39. The zero-order chi connectivity index (χ0) is 17.0. The molecule has 0 aliphatic rings. The second kappa shape index (κ2) is 7.46. The molecule has 0 amide bonds. The molecule has 2 aromatic carbocycles. The summed E-state index contributed by atoms with van der Waals surface area (Å²) < 4.78 is 0. The summed E-state index contributed by atoms with van der Waals surface area (Å²) in [7, 11) is 0. The first-order chi connectivity index (χ1) is 10.9. The lowest BCUT2D eigenvalue weighted by atomic mass is 10.0. The molecule has 0 saturated heterocycles. The number of hydrogen-bond acceptors (Lipinski definition) is 4. The molecule has 7 heteroatoms. The van der Waals surface area contributed by atoms with Gasteiger partial charge < -0.3 is 15.5 Å². The summed E-state index contributed by atoms with van der Waals surface area (Å²) in [6, 6.07) is 11.8. The van der Waals surface area contributed by atoms with Crippen LogP contribution in [0.5, 0.6) is 0 Å². The number of carbonyl (C=O) groups excluding carboxylic acids is 1. The molecule has 0 spiro atoms. The van der Waals surface area contributed by atoms with Crippen LogP contribution in [0.15, 0.2) is 42.5 Å². The van der Waals surface area contributed by atoms with Crippen molar-refractivity contribution in [3.63, 3.8) is 0 Å². The van der Waals surface area contributed by atoms with Gasteiger partial charge in [0.2, 0.25) is 6.10 Å². The van der Waals surface area contributed by atoms with Crippen LogP contribution < -0.4 is 5.32 Å². The van der Waals surface area contributed by atoms with Gasteiger partial charge in [0.25, 0.3) is 0 Å². The van der Waals surface area contributed by atoms with Gasteiger partial charge in [-0.3, -0.25) is 4.79 Å². The number of carbonyl (C=O) groups is 2. The van der Waals surface area contributed by atoms with Gasteiger partial charge in [-0.2, -0.15) is 0 Å². The fourth-order valence-corrected chi connectivity index (χ4v) is 2.46. The van der Waals surface area contributed by atoms with Gasteiger partial charge in [-0.15, -0.1) is 0 Å². The number of para-hydroxylation sites is 2. The molecule has 0 fully saturated rings. The molecule has 0 aromatic heterocycles. The maximum absolute atomic E-state index is 11.8. The number of halogens is 2. The molecule has 0 bridgehead atoms. The number of aliphatic hydroxyl groups excluding tert-OH is 1. The van der Waals surface area contributed by atoms with E-state index < -0.39 is 17.9 Å². The molecular formula is C16H13Cl2NO4. The Balaban J connectivity index is 2.28. The van der Waals surface area contributed by atoms with Crippen molar-refractivity contribution < 1.29 is 19.8 Å². The number of ketones is 1. The average Bonchev–Trinajstić information content (AvgIpc) is 2.51. The Hall–Kier alpha value is -2.08. The SMILES string of the molecule is O=C(O)C(O)C(=O)Cc1ccccc1Nc1c(Cl)cccc1Cl. The number of aliphatic carboxylic acids is 1. The van der Waals surface area contributed by atoms with Crippen LogP contribution in [0.1, 0.15) is 5.56 Å². The Labute approximate surface area is 142 Å². The Morgan fingerprint density at radius 2 is 1.65 bits per heavy atom. The molecule has 0 aliphatic carbocycles. The Morgan fingerprint density at radius 1 is 1.04 bits per heavy atom. The molecule has 3 N–H and O–H groups in total. The minimum Gasteiger partial charge on any atom is -0.479 e. The highest BCUT2D eigenvalue weighted by Gasteiger charge is 2.23. The minimum absolute atomic E-state index is 0.237. The van der Waals surface area contributed by atoms with Crippen molar-refractivity contribution in [1.29, 1.82) is 0 Å². The third-order valence-corrected chi connectivity index (χ3v) is 3.77. The Bertz CT molecular complexity index is 728. The Morgan fingerprint density at radius 3 is 2.26 bits per heavy atom. The van der Waals surface area contributed by atoms with Crippen LogP contribution in [0, 0.1) is 0 Å². The maximum atomic E-state index is 11.8. The van der Waals surface area contributed by atoms with E-state index in [0.29, 0.717) is 27.0 Å². The van der Waals surface area contributed by atoms with Crippen LogP contribution in [0.25, 0.3) is 0 Å². The molecule has 120 valence electrons. The number of nitrogens with one attached hydrogen (secondary N) is 1. The molecule has 2 aromatic rings. The first-order valence-electron chi connectivity index (χ1n) is 6.62. The van der Waals surface area contributed by atoms with Gasteiger partial charge in [0.1, 0.15) is 0 Å². The van der Waals surface area contributed by atoms with Gasteiger partial charge in [-0.1, -0.05) is 47.5 Å². The summed E-state index contributed by atoms with van der Waals surface area (Å²) in [4.78, 5) is 22.5. The molecule has 0 heterocycles. The van der Waals surface area contributed by atoms with Crippen molar-refractivity contribution in [2.24, 2.45) is 0 Å². The van der Waals surface area contributed by atoms with Crippen molar-refractivity contribution in [3.05, 3.63) is 58.1 Å². The number of hydrogen-bond donors (Lipinski definition) is 3. The van der Waals surface area contributed by atoms with Crippen molar-refractivity contribution in [2.75, 3.05) is 5.32 Å². The van der Waals surface area contributed by atoms with Crippen molar-refractivity contribution in [1.82, 2.24) is 0 Å². The third kappa shape index (κ3) is 4.22. The van der Waals surface area contributed by atoms with Gasteiger partial charge >= 0.3 is 5.97 Å². The van der Waals surface area contributed by atoms with E-state index in [1.165, 1.54) is 0 Å². The summed E-state index contributed by atoms with van der Waals surface area (Å²) in [6.07, 6.45) is -2.29. The predicted octanol–water partition coefficient (Wildman–Crippen LogP) is 3.29. The molecule has 5 nitrogen and oxygen atoms in total. The third-order valence-electron chi connectivity index (χ3n) is 3.14. The van der Waals surface area contributed by atoms with E-state index in [-0.39, 0.29) is 6.42 Å². The lowest BCUT2D eigenvalue weighted by molar-refractivity contribution is -0.151. The number of benzene rings is 2. The van der Waals surface area contributed by atoms with Crippen molar-refractivity contribution in [3.8, 4) is 0 Å². The second-order valence-corrected chi connectivity index (χ2v) is 5.58. The van der Waals surface area contributed by atoms with E-state index in [1.54, 1.807) is 42.5 Å². The van der Waals surface area contributed by atoms with Crippen LogP contribution >= 0.6 is 23.2 Å². The number of carboxylic acids is 1. The summed E-state index contributed by atoms with van der Waals surface area (Å²) in [6.45, 7) is 0. The fourth-order valence-electron chi connectivity index (χ4n) is 1.97. The summed E-state index contributed by atoms with van der Waals surface area (Å²) in [5.41, 5.74) is 1.55. The first kappa shape index (κ1) is 17.3. The van der Waals surface area contributed by atoms with Crippen molar-refractivity contribution in [2.45, 2.75) is 12.5 Å². The standard InChI is InChI=1S/C16H13Cl2NO4/c17-10-5-3-6-11(18)14(10)19-12-7-2-1-4-9(12)8-13(20)15(21)16(22)23/h1-7,15,19,21H,8H2,(H,22,23). The largest absolute Gasteiger partial charge is 0.479 e. The zero-order valence-corrected chi connectivity index (χ0v) is 13.3. The minimum atomic E-state index is -2.05. The van der Waals surface area contributed by atoms with E-state index in [4.69, 9.17) is 28.3 Å². The molecular weight excluding hydrogens is 341 g/mol. The Kier molecular flexibility index (Phi) is 5.60. The average molecular weight is 354 g/mol. The molecule has 0 radical (unpaired) electrons. The zero-order valence-electron chi connectivity index (χ0n) is 11.8. The summed E-state index contributed by atoms with van der Waals surface area (Å²) in [5.74, 6) is -2.38. The highest BCUT2D eigenvalue weighted by atomic mass is 35.5. The lowest BCUT2D eigenvalue weighted by Gasteiger charge is -2.14. The monoisotopic (exact) mass is 353 g/mol. The van der Waals surface area contributed by atoms with E-state index in [9.17, 15) is 14.7 Å². The molecule has 1 atom stereocenters.